The van der Waals surface area contributed by atoms with E-state index in [0.29, 0.717) is 0 Å². The molecule has 1 aromatic carbocycles. The number of benzene rings is 1. The summed E-state index contributed by atoms with van der Waals surface area (Å²) in [5.74, 6) is -1.70. The van der Waals surface area contributed by atoms with Gasteiger partial charge in [-0.15, -0.1) is 0 Å². The zero-order valence-electron chi connectivity index (χ0n) is 8.47. The van der Waals surface area contributed by atoms with Crippen molar-refractivity contribution in [2.45, 2.75) is 6.92 Å². The van der Waals surface area contributed by atoms with Crippen LogP contribution >= 0.6 is 0 Å². The van der Waals surface area contributed by atoms with Gasteiger partial charge >= 0.3 is 5.97 Å². The van der Waals surface area contributed by atoms with Crippen LogP contribution in [0, 0.1) is 0 Å². The van der Waals surface area contributed by atoms with Gasteiger partial charge in [-0.25, -0.2) is 10.2 Å². The van der Waals surface area contributed by atoms with Gasteiger partial charge in [0.15, 0.2) is 0 Å². The first-order valence-corrected chi connectivity index (χ1v) is 4.37. The van der Waals surface area contributed by atoms with E-state index in [1.807, 2.05) is 0 Å². The van der Waals surface area contributed by atoms with Crippen molar-refractivity contribution in [2.75, 3.05) is 0 Å². The summed E-state index contributed by atoms with van der Waals surface area (Å²) >= 11 is 0. The first-order valence-electron chi connectivity index (χ1n) is 4.37. The Morgan fingerprint density at radius 2 is 1.81 bits per heavy atom. The largest absolute Gasteiger partial charge is 0.508 e. The first kappa shape index (κ1) is 11.7. The van der Waals surface area contributed by atoms with Gasteiger partial charge in [-0.3, -0.25) is 4.79 Å². The fourth-order valence-electron chi connectivity index (χ4n) is 0.860. The minimum Gasteiger partial charge on any atom is -0.508 e. The monoisotopic (exact) mass is 222 g/mol. The Labute approximate surface area is 91.2 Å². The number of carbonyl (C=O) groups excluding carboxylic acids is 1. The Hall–Kier alpha value is -2.37. The maximum absolute atomic E-state index is 11.4. The van der Waals surface area contributed by atoms with Crippen LogP contribution in [0.15, 0.2) is 29.4 Å². The van der Waals surface area contributed by atoms with E-state index in [0.717, 1.165) is 0 Å². The molecule has 0 saturated carbocycles. The minimum atomic E-state index is -1.20. The normalized spacial score (nSPS) is 10.9. The molecule has 0 fully saturated rings. The highest BCUT2D eigenvalue weighted by Crippen LogP contribution is 2.09. The van der Waals surface area contributed by atoms with Crippen LogP contribution < -0.4 is 5.43 Å². The van der Waals surface area contributed by atoms with E-state index in [1.165, 1.54) is 31.2 Å². The number of carboxylic acid groups (broad SMARTS) is 1. The number of hydrazone groups is 1. The van der Waals surface area contributed by atoms with Crippen LogP contribution in [0.25, 0.3) is 0 Å². The van der Waals surface area contributed by atoms with E-state index < -0.39 is 11.9 Å². The van der Waals surface area contributed by atoms with Crippen LogP contribution in [0.5, 0.6) is 5.75 Å². The first-order chi connectivity index (χ1) is 7.50. The standard InChI is InChI=1S/C10H10N2O4/c1-6(10(15)16)11-12-9(14)7-2-4-8(13)5-3-7/h2-5,13H,1H3,(H,12,14)(H,15,16)/b11-6+. The van der Waals surface area contributed by atoms with Crippen LogP contribution in [0.2, 0.25) is 0 Å². The number of phenols is 1. The molecule has 0 heterocycles. The Balaban J connectivity index is 2.70. The number of aliphatic carboxylic acids is 1. The van der Waals surface area contributed by atoms with Gasteiger partial charge in [-0.05, 0) is 31.2 Å². The molecule has 0 bridgehead atoms. The minimum absolute atomic E-state index is 0.0433. The van der Waals surface area contributed by atoms with Gasteiger partial charge in [0.2, 0.25) is 0 Å². The maximum atomic E-state index is 11.4. The number of hydrogen-bond donors (Lipinski definition) is 3. The molecule has 0 aliphatic heterocycles. The van der Waals surface area contributed by atoms with Crippen molar-refractivity contribution in [3.8, 4) is 5.75 Å². The Morgan fingerprint density at radius 3 is 2.31 bits per heavy atom. The topological polar surface area (TPSA) is 99.0 Å². The number of amides is 1. The Kier molecular flexibility index (Phi) is 3.60. The summed E-state index contributed by atoms with van der Waals surface area (Å²) in [6, 6.07) is 5.50. The molecule has 1 rings (SSSR count). The fraction of sp³-hybridized carbons (Fsp3) is 0.100. The van der Waals surface area contributed by atoms with Crippen LogP contribution in [0.4, 0.5) is 0 Å². The summed E-state index contributed by atoms with van der Waals surface area (Å²) in [6.07, 6.45) is 0. The Bertz CT molecular complexity index is 437. The summed E-state index contributed by atoms with van der Waals surface area (Å²) in [5, 5.41) is 20.9. The predicted molar refractivity (Wildman–Crippen MR) is 56.3 cm³/mol. The second-order valence-corrected chi connectivity index (χ2v) is 2.99. The summed E-state index contributed by atoms with van der Waals surface area (Å²) < 4.78 is 0. The van der Waals surface area contributed by atoms with E-state index in [2.05, 4.69) is 10.5 Å². The van der Waals surface area contributed by atoms with E-state index in [9.17, 15) is 9.59 Å². The van der Waals surface area contributed by atoms with Crippen molar-refractivity contribution >= 4 is 17.6 Å². The van der Waals surface area contributed by atoms with E-state index in [4.69, 9.17) is 10.2 Å². The number of hydrogen-bond acceptors (Lipinski definition) is 4. The van der Waals surface area contributed by atoms with Crippen LogP contribution in [-0.4, -0.2) is 27.8 Å². The third kappa shape index (κ3) is 3.09. The molecule has 6 nitrogen and oxygen atoms in total. The third-order valence-corrected chi connectivity index (χ3v) is 1.76. The van der Waals surface area contributed by atoms with Crippen LogP contribution in [0.1, 0.15) is 17.3 Å². The molecule has 16 heavy (non-hydrogen) atoms. The highest BCUT2D eigenvalue weighted by atomic mass is 16.4. The number of carbonyl (C=O) groups is 2. The average molecular weight is 222 g/mol. The van der Waals surface area contributed by atoms with Crippen molar-refractivity contribution in [1.82, 2.24) is 5.43 Å². The lowest BCUT2D eigenvalue weighted by molar-refractivity contribution is -0.129. The predicted octanol–water partition coefficient (Wildman–Crippen LogP) is 0.583. The van der Waals surface area contributed by atoms with Gasteiger partial charge in [0, 0.05) is 5.56 Å². The lowest BCUT2D eigenvalue weighted by Crippen LogP contribution is -2.21. The molecule has 0 atom stereocenters. The van der Waals surface area contributed by atoms with Gasteiger partial charge < -0.3 is 10.2 Å². The van der Waals surface area contributed by atoms with Crippen molar-refractivity contribution in [1.29, 1.82) is 0 Å². The summed E-state index contributed by atoms with van der Waals surface area (Å²) in [4.78, 5) is 21.8. The lowest BCUT2D eigenvalue weighted by atomic mass is 10.2. The molecule has 0 saturated heterocycles. The molecule has 3 N–H and O–H groups in total. The number of carboxylic acids is 1. The second-order valence-electron chi connectivity index (χ2n) is 2.99. The highest BCUT2D eigenvalue weighted by molar-refractivity contribution is 6.34. The number of nitrogens with one attached hydrogen (secondary N) is 1. The molecular weight excluding hydrogens is 212 g/mol. The molecule has 0 aliphatic carbocycles. The molecule has 1 aromatic rings. The van der Waals surface area contributed by atoms with Gasteiger partial charge in [-0.1, -0.05) is 0 Å². The van der Waals surface area contributed by atoms with E-state index >= 15 is 0 Å². The molecule has 6 heteroatoms. The third-order valence-electron chi connectivity index (χ3n) is 1.76. The number of aromatic hydroxyl groups is 1. The molecule has 0 unspecified atom stereocenters. The molecule has 84 valence electrons. The molecule has 0 spiro atoms. The molecule has 0 aliphatic rings. The molecular formula is C10H10N2O4. The smallest absolute Gasteiger partial charge is 0.351 e. The Morgan fingerprint density at radius 1 is 1.25 bits per heavy atom. The lowest BCUT2D eigenvalue weighted by Gasteiger charge is -2.00. The van der Waals surface area contributed by atoms with Gasteiger partial charge in [0.1, 0.15) is 11.5 Å². The van der Waals surface area contributed by atoms with Crippen molar-refractivity contribution in [2.24, 2.45) is 5.10 Å². The number of phenolic OH excluding ortho intramolecular Hbond substituents is 1. The van der Waals surface area contributed by atoms with Crippen molar-refractivity contribution in [3.63, 3.8) is 0 Å². The highest BCUT2D eigenvalue weighted by Gasteiger charge is 2.06. The van der Waals surface area contributed by atoms with E-state index in [1.54, 1.807) is 0 Å². The van der Waals surface area contributed by atoms with E-state index in [-0.39, 0.29) is 17.0 Å². The molecule has 0 aromatic heterocycles. The van der Waals surface area contributed by atoms with Crippen molar-refractivity contribution < 1.29 is 19.8 Å². The summed E-state index contributed by atoms with van der Waals surface area (Å²) in [6.45, 7) is 1.26. The van der Waals surface area contributed by atoms with Gasteiger partial charge in [-0.2, -0.15) is 5.10 Å². The van der Waals surface area contributed by atoms with Crippen molar-refractivity contribution in [3.05, 3.63) is 29.8 Å². The second kappa shape index (κ2) is 4.92. The molecule has 0 radical (unpaired) electrons. The molecule has 1 amide bonds. The SMILES string of the molecule is C/C(=N\NC(=O)c1ccc(O)cc1)C(=O)O. The van der Waals surface area contributed by atoms with Gasteiger partial charge in [0.05, 0.1) is 0 Å². The number of nitrogens with zero attached hydrogens (tertiary/aromatic N) is 1. The summed E-state index contributed by atoms with van der Waals surface area (Å²) in [7, 11) is 0. The number of rotatable bonds is 3. The van der Waals surface area contributed by atoms with Crippen LogP contribution in [0.3, 0.4) is 0 Å². The summed E-state index contributed by atoms with van der Waals surface area (Å²) in [5.41, 5.74) is 2.15. The quantitative estimate of drug-likeness (QED) is 0.514. The maximum Gasteiger partial charge on any atom is 0.351 e. The fourth-order valence-corrected chi connectivity index (χ4v) is 0.860. The van der Waals surface area contributed by atoms with Gasteiger partial charge in [0.25, 0.3) is 5.91 Å². The van der Waals surface area contributed by atoms with Crippen LogP contribution in [-0.2, 0) is 4.79 Å². The average Bonchev–Trinajstić information content (AvgIpc) is 2.26. The zero-order valence-corrected chi connectivity index (χ0v) is 8.47. The zero-order chi connectivity index (χ0) is 12.1.